The molecule has 0 heterocycles. The number of anilines is 1. The smallest absolute Gasteiger partial charge is 0.0788 e. The van der Waals surface area contributed by atoms with Crippen LogP contribution in [0.3, 0.4) is 0 Å². The average molecular weight is 337 g/mol. The van der Waals surface area contributed by atoms with Crippen molar-refractivity contribution in [3.05, 3.63) is 27.1 Å². The van der Waals surface area contributed by atoms with Crippen molar-refractivity contribution < 1.29 is 5.11 Å². The number of halogens is 2. The van der Waals surface area contributed by atoms with Crippen LogP contribution in [-0.2, 0) is 0 Å². The van der Waals surface area contributed by atoms with E-state index in [1.54, 1.807) is 0 Å². The average Bonchev–Trinajstić information content (AvgIpc) is 2.20. The number of rotatable bonds is 4. The molecule has 1 atom stereocenters. The molecule has 0 spiro atoms. The molecule has 1 unspecified atom stereocenters. The maximum atomic E-state index is 9.86. The first-order chi connectivity index (χ1) is 6.94. The monoisotopic (exact) mass is 335 g/mol. The molecule has 0 aromatic heterocycles. The molecule has 1 aromatic rings. The van der Waals surface area contributed by atoms with Crippen LogP contribution in [0.5, 0.6) is 0 Å². The van der Waals surface area contributed by atoms with E-state index in [0.717, 1.165) is 21.1 Å². The third-order valence-corrected chi connectivity index (χ3v) is 3.53. The molecule has 0 amide bonds. The SMILES string of the molecule is CCC(C)(O)CNc1cc(Br)ccc1Br. The van der Waals surface area contributed by atoms with E-state index in [0.29, 0.717) is 6.54 Å². The fraction of sp³-hybridized carbons (Fsp3) is 0.455. The molecular formula is C11H15Br2NO. The highest BCUT2D eigenvalue weighted by atomic mass is 79.9. The zero-order valence-corrected chi connectivity index (χ0v) is 12.0. The number of aliphatic hydroxyl groups is 1. The maximum absolute atomic E-state index is 9.86. The van der Waals surface area contributed by atoms with E-state index >= 15 is 0 Å². The largest absolute Gasteiger partial charge is 0.388 e. The Morgan fingerprint density at radius 2 is 2.07 bits per heavy atom. The first-order valence-corrected chi connectivity index (χ1v) is 6.44. The number of hydrogen-bond acceptors (Lipinski definition) is 2. The normalized spacial score (nSPS) is 14.7. The van der Waals surface area contributed by atoms with Crippen molar-refractivity contribution >= 4 is 37.5 Å². The summed E-state index contributed by atoms with van der Waals surface area (Å²) in [5, 5.41) is 13.1. The Morgan fingerprint density at radius 3 is 2.67 bits per heavy atom. The number of nitrogens with one attached hydrogen (secondary N) is 1. The van der Waals surface area contributed by atoms with Gasteiger partial charge in [-0.05, 0) is 47.5 Å². The van der Waals surface area contributed by atoms with Crippen LogP contribution >= 0.6 is 31.9 Å². The van der Waals surface area contributed by atoms with Gasteiger partial charge in [-0.3, -0.25) is 0 Å². The molecule has 0 bridgehead atoms. The molecule has 15 heavy (non-hydrogen) atoms. The summed E-state index contributed by atoms with van der Waals surface area (Å²) in [7, 11) is 0. The van der Waals surface area contributed by atoms with Crippen molar-refractivity contribution in [1.29, 1.82) is 0 Å². The van der Waals surface area contributed by atoms with Crippen LogP contribution in [0.25, 0.3) is 0 Å². The highest BCUT2D eigenvalue weighted by molar-refractivity contribution is 9.11. The van der Waals surface area contributed by atoms with Crippen LogP contribution in [0.1, 0.15) is 20.3 Å². The minimum absolute atomic E-state index is 0.540. The van der Waals surface area contributed by atoms with Gasteiger partial charge in [-0.25, -0.2) is 0 Å². The van der Waals surface area contributed by atoms with Crippen LogP contribution < -0.4 is 5.32 Å². The Bertz CT molecular complexity index is 339. The zero-order valence-electron chi connectivity index (χ0n) is 8.85. The Labute approximate surface area is 107 Å². The molecule has 0 saturated heterocycles. The predicted molar refractivity (Wildman–Crippen MR) is 71.2 cm³/mol. The summed E-state index contributed by atoms with van der Waals surface area (Å²) in [5.41, 5.74) is 0.319. The summed E-state index contributed by atoms with van der Waals surface area (Å²) in [6.07, 6.45) is 0.728. The van der Waals surface area contributed by atoms with Gasteiger partial charge in [0.1, 0.15) is 0 Å². The van der Waals surface area contributed by atoms with E-state index in [-0.39, 0.29) is 0 Å². The minimum Gasteiger partial charge on any atom is -0.388 e. The van der Waals surface area contributed by atoms with Gasteiger partial charge >= 0.3 is 0 Å². The molecule has 2 N–H and O–H groups in total. The summed E-state index contributed by atoms with van der Waals surface area (Å²) >= 11 is 6.87. The van der Waals surface area contributed by atoms with Crippen molar-refractivity contribution in [2.45, 2.75) is 25.9 Å². The Morgan fingerprint density at radius 1 is 1.40 bits per heavy atom. The second kappa shape index (κ2) is 5.32. The summed E-state index contributed by atoms with van der Waals surface area (Å²) in [6, 6.07) is 5.91. The van der Waals surface area contributed by atoms with Crippen LogP contribution in [0.2, 0.25) is 0 Å². The molecule has 4 heteroatoms. The lowest BCUT2D eigenvalue weighted by Gasteiger charge is -2.22. The second-order valence-electron chi connectivity index (χ2n) is 3.83. The van der Waals surface area contributed by atoms with Crippen LogP contribution in [0.4, 0.5) is 5.69 Å². The number of benzene rings is 1. The summed E-state index contributed by atoms with van der Waals surface area (Å²) in [5.74, 6) is 0. The van der Waals surface area contributed by atoms with Crippen LogP contribution in [0, 0.1) is 0 Å². The molecule has 2 nitrogen and oxygen atoms in total. The van der Waals surface area contributed by atoms with E-state index < -0.39 is 5.60 Å². The first kappa shape index (κ1) is 13.0. The van der Waals surface area contributed by atoms with Gasteiger partial charge in [-0.15, -0.1) is 0 Å². The molecule has 0 radical (unpaired) electrons. The quantitative estimate of drug-likeness (QED) is 0.876. The minimum atomic E-state index is -0.665. The van der Waals surface area contributed by atoms with Gasteiger partial charge in [-0.1, -0.05) is 22.9 Å². The summed E-state index contributed by atoms with van der Waals surface area (Å²) < 4.78 is 2.02. The van der Waals surface area contributed by atoms with E-state index in [2.05, 4.69) is 37.2 Å². The van der Waals surface area contributed by atoms with Crippen molar-refractivity contribution in [2.24, 2.45) is 0 Å². The van der Waals surface area contributed by atoms with Crippen molar-refractivity contribution in [2.75, 3.05) is 11.9 Å². The molecule has 1 aromatic carbocycles. The Balaban J connectivity index is 2.69. The van der Waals surface area contributed by atoms with Crippen molar-refractivity contribution in [1.82, 2.24) is 0 Å². The number of hydrogen-bond donors (Lipinski definition) is 2. The van der Waals surface area contributed by atoms with E-state index in [1.165, 1.54) is 0 Å². The van der Waals surface area contributed by atoms with E-state index in [9.17, 15) is 5.11 Å². The fourth-order valence-corrected chi connectivity index (χ4v) is 1.79. The fourth-order valence-electron chi connectivity index (χ4n) is 1.04. The second-order valence-corrected chi connectivity index (χ2v) is 5.60. The molecule has 0 fully saturated rings. The van der Waals surface area contributed by atoms with Crippen LogP contribution in [-0.4, -0.2) is 17.3 Å². The van der Waals surface area contributed by atoms with Gasteiger partial charge in [0.2, 0.25) is 0 Å². The highest BCUT2D eigenvalue weighted by Crippen LogP contribution is 2.26. The van der Waals surface area contributed by atoms with Crippen molar-refractivity contribution in [3.8, 4) is 0 Å². The molecule has 0 aliphatic heterocycles. The molecule has 0 aliphatic rings. The van der Waals surface area contributed by atoms with Gasteiger partial charge in [0.05, 0.1) is 5.60 Å². The Kier molecular flexibility index (Phi) is 4.62. The summed E-state index contributed by atoms with van der Waals surface area (Å²) in [6.45, 7) is 4.34. The van der Waals surface area contributed by atoms with Gasteiger partial charge < -0.3 is 10.4 Å². The molecule has 0 saturated carbocycles. The van der Waals surface area contributed by atoms with Crippen LogP contribution in [0.15, 0.2) is 27.1 Å². The van der Waals surface area contributed by atoms with Crippen molar-refractivity contribution in [3.63, 3.8) is 0 Å². The molecule has 0 aliphatic carbocycles. The predicted octanol–water partition coefficient (Wildman–Crippen LogP) is 3.78. The first-order valence-electron chi connectivity index (χ1n) is 4.86. The zero-order chi connectivity index (χ0) is 11.5. The topological polar surface area (TPSA) is 32.3 Å². The van der Waals surface area contributed by atoms with E-state index in [4.69, 9.17) is 0 Å². The lowest BCUT2D eigenvalue weighted by molar-refractivity contribution is 0.0697. The Hall–Kier alpha value is -0.0600. The van der Waals surface area contributed by atoms with E-state index in [1.807, 2.05) is 32.0 Å². The summed E-state index contributed by atoms with van der Waals surface area (Å²) in [4.78, 5) is 0. The van der Waals surface area contributed by atoms with Gasteiger partial charge in [0.15, 0.2) is 0 Å². The lowest BCUT2D eigenvalue weighted by atomic mass is 10.0. The molecule has 1 rings (SSSR count). The third-order valence-electron chi connectivity index (χ3n) is 2.35. The van der Waals surface area contributed by atoms with Gasteiger partial charge in [-0.2, -0.15) is 0 Å². The maximum Gasteiger partial charge on any atom is 0.0788 e. The molecule has 84 valence electrons. The standard InChI is InChI=1S/C11H15Br2NO/c1-3-11(2,15)7-14-10-6-8(12)4-5-9(10)13/h4-6,14-15H,3,7H2,1-2H3. The highest BCUT2D eigenvalue weighted by Gasteiger charge is 2.17. The lowest BCUT2D eigenvalue weighted by Crippen LogP contribution is -2.32. The van der Waals surface area contributed by atoms with Gasteiger partial charge in [0.25, 0.3) is 0 Å². The molecular weight excluding hydrogens is 322 g/mol. The third kappa shape index (κ3) is 4.13. The van der Waals surface area contributed by atoms with Gasteiger partial charge in [0, 0.05) is 21.2 Å².